The number of quaternary nitrogens is 2. The Kier molecular flexibility index (Phi) is 16.1. The molecule has 0 aliphatic carbocycles. The number of fused-ring (bicyclic) bond motifs is 2. The highest BCUT2D eigenvalue weighted by atomic mass is 35.5. The van der Waals surface area contributed by atoms with Crippen molar-refractivity contribution in [2.75, 3.05) is 88.8 Å². The largest absolute Gasteiger partial charge is 0.374 e. The maximum absolute atomic E-state index is 6.34. The second-order valence-electron chi connectivity index (χ2n) is 17.6. The summed E-state index contributed by atoms with van der Waals surface area (Å²) >= 11 is 12.7. The SMILES string of the molecule is CN(CCC[NH+](C)CCSSCC[NH+](C)CCCN(C)c1ccccc1/C=C/C1=[NH+]c2ccc(Cl)cc2C1(C)C)c1ccccc1/C=C/C1=[NH+]c2ccc(Cl)cc2C1(C)C. The summed E-state index contributed by atoms with van der Waals surface area (Å²) in [6.07, 6.45) is 11.3. The molecule has 10 heteroatoms. The van der Waals surface area contributed by atoms with E-state index in [1.807, 2.05) is 33.7 Å². The van der Waals surface area contributed by atoms with Crippen LogP contribution in [-0.2, 0) is 10.8 Å². The lowest BCUT2D eigenvalue weighted by atomic mass is 9.81. The van der Waals surface area contributed by atoms with E-state index in [0.29, 0.717) is 0 Å². The summed E-state index contributed by atoms with van der Waals surface area (Å²) < 4.78 is 0. The Balaban J connectivity index is 0.843. The number of benzene rings is 4. The van der Waals surface area contributed by atoms with Crippen molar-refractivity contribution in [2.24, 2.45) is 0 Å². The Bertz CT molecular complexity index is 2060. The molecule has 0 aromatic heterocycles. The average Bonchev–Trinajstić information content (AvgIpc) is 3.63. The molecule has 2 aliphatic heterocycles. The lowest BCUT2D eigenvalue weighted by molar-refractivity contribution is -0.877. The van der Waals surface area contributed by atoms with Crippen molar-refractivity contribution in [2.45, 2.75) is 51.4 Å². The van der Waals surface area contributed by atoms with Gasteiger partial charge in [-0.15, -0.1) is 0 Å². The van der Waals surface area contributed by atoms with Crippen LogP contribution in [0.5, 0.6) is 0 Å². The Labute approximate surface area is 378 Å². The second kappa shape index (κ2) is 21.0. The number of para-hydroxylation sites is 2. The zero-order valence-electron chi connectivity index (χ0n) is 36.9. The Hall–Kier alpha value is -3.50. The minimum Gasteiger partial charge on any atom is -0.374 e. The van der Waals surface area contributed by atoms with E-state index in [1.165, 1.54) is 82.7 Å². The molecule has 4 aromatic carbocycles. The minimum absolute atomic E-state index is 0.124. The van der Waals surface area contributed by atoms with Gasteiger partial charge in [-0.3, -0.25) is 0 Å². The van der Waals surface area contributed by atoms with Gasteiger partial charge in [0.1, 0.15) is 0 Å². The molecule has 0 bridgehead atoms. The highest BCUT2D eigenvalue weighted by molar-refractivity contribution is 8.76. The minimum atomic E-state index is -0.124. The molecule has 6 nitrogen and oxygen atoms in total. The van der Waals surface area contributed by atoms with Crippen LogP contribution in [0.4, 0.5) is 22.7 Å². The summed E-state index contributed by atoms with van der Waals surface area (Å²) in [7, 11) is 13.2. The van der Waals surface area contributed by atoms with Crippen LogP contribution < -0.4 is 29.6 Å². The molecule has 0 radical (unpaired) electrons. The Morgan fingerprint density at radius 1 is 0.567 bits per heavy atom. The maximum Gasteiger partial charge on any atom is 0.208 e. The van der Waals surface area contributed by atoms with Crippen LogP contribution in [0.25, 0.3) is 12.2 Å². The Morgan fingerprint density at radius 3 is 1.38 bits per heavy atom. The number of allylic oxidation sites excluding steroid dienone is 2. The molecular weight excluding hydrogens is 820 g/mol. The molecule has 6 rings (SSSR count). The van der Waals surface area contributed by atoms with Crippen LogP contribution in [0.3, 0.4) is 0 Å². The van der Waals surface area contributed by atoms with E-state index < -0.39 is 0 Å². The molecule has 4 aromatic rings. The molecular formula is C50H66Cl2N6S2+4. The van der Waals surface area contributed by atoms with Gasteiger partial charge in [0.15, 0.2) is 11.4 Å². The zero-order valence-corrected chi connectivity index (χ0v) is 40.1. The van der Waals surface area contributed by atoms with Gasteiger partial charge in [0.05, 0.1) is 62.6 Å². The van der Waals surface area contributed by atoms with E-state index in [1.54, 1.807) is 9.80 Å². The van der Waals surface area contributed by atoms with Crippen molar-refractivity contribution < 1.29 is 19.8 Å². The quantitative estimate of drug-likeness (QED) is 0.0607. The number of nitrogens with one attached hydrogen (secondary N) is 4. The molecule has 2 aliphatic rings. The third-order valence-electron chi connectivity index (χ3n) is 12.3. The first-order chi connectivity index (χ1) is 28.7. The van der Waals surface area contributed by atoms with Gasteiger partial charge in [-0.05, 0) is 87.4 Å². The van der Waals surface area contributed by atoms with E-state index >= 15 is 0 Å². The first-order valence-corrected chi connectivity index (χ1v) is 24.7. The van der Waals surface area contributed by atoms with Crippen LogP contribution in [0, 0.1) is 0 Å². The van der Waals surface area contributed by atoms with E-state index in [2.05, 4.69) is 173 Å². The standard InChI is InChI=1S/C50H62Cl2N6S2/c1-49(2)41-35-39(51)21-23-43(41)53-47(49)25-19-37-15-9-11-17-45(37)57(7)29-13-27-55(5)31-33-59-60-34-32-56(6)28-14-30-58(8)46-18-12-10-16-38(46)20-26-48-50(3,4)42-36-40(52)22-24-44(42)54-48/h9-12,15-26,35-36H,13-14,27-34H2,1-8H3/p+4/b25-19+,26-20+. The zero-order chi connectivity index (χ0) is 42.9. The van der Waals surface area contributed by atoms with Crippen LogP contribution in [0.15, 0.2) is 97.1 Å². The van der Waals surface area contributed by atoms with Crippen LogP contribution in [0.2, 0.25) is 10.0 Å². The molecule has 0 saturated heterocycles. The van der Waals surface area contributed by atoms with Crippen molar-refractivity contribution in [3.8, 4) is 0 Å². The summed E-state index contributed by atoms with van der Waals surface area (Å²) in [6.45, 7) is 15.8. The van der Waals surface area contributed by atoms with Gasteiger partial charge < -0.3 is 19.6 Å². The molecule has 2 heterocycles. The van der Waals surface area contributed by atoms with Crippen molar-refractivity contribution in [1.82, 2.24) is 0 Å². The van der Waals surface area contributed by atoms with E-state index in [9.17, 15) is 0 Å². The summed E-state index contributed by atoms with van der Waals surface area (Å²) in [5, 5.41) is 1.56. The number of rotatable bonds is 21. The predicted octanol–water partition coefficient (Wildman–Crippen LogP) is 6.07. The third kappa shape index (κ3) is 11.7. The Morgan fingerprint density at radius 2 is 0.967 bits per heavy atom. The van der Waals surface area contributed by atoms with Crippen LogP contribution >= 0.6 is 44.8 Å². The lowest BCUT2D eigenvalue weighted by Crippen LogP contribution is -3.09. The highest BCUT2D eigenvalue weighted by Gasteiger charge is 2.41. The van der Waals surface area contributed by atoms with Crippen molar-refractivity contribution in [3.05, 3.63) is 129 Å². The average molecular weight is 886 g/mol. The van der Waals surface area contributed by atoms with Crippen LogP contribution in [0.1, 0.15) is 62.8 Å². The predicted molar refractivity (Wildman–Crippen MR) is 265 cm³/mol. The van der Waals surface area contributed by atoms with Crippen LogP contribution in [-0.4, -0.2) is 90.4 Å². The number of hydrogen-bond donors (Lipinski definition) is 4. The first-order valence-electron chi connectivity index (χ1n) is 21.5. The summed E-state index contributed by atoms with van der Waals surface area (Å²) in [6, 6.07) is 29.7. The fraction of sp³-hybridized carbons (Fsp3) is 0.400. The summed E-state index contributed by atoms with van der Waals surface area (Å²) in [5.41, 5.74) is 11.9. The smallest absolute Gasteiger partial charge is 0.208 e. The van der Waals surface area contributed by atoms with Crippen molar-refractivity contribution in [3.63, 3.8) is 0 Å². The molecule has 0 saturated carbocycles. The van der Waals surface area contributed by atoms with E-state index in [4.69, 9.17) is 23.2 Å². The van der Waals surface area contributed by atoms with E-state index in [-0.39, 0.29) is 10.8 Å². The molecule has 0 spiro atoms. The fourth-order valence-corrected chi connectivity index (χ4v) is 10.9. The number of halogens is 2. The normalized spacial score (nSPS) is 16.2. The monoisotopic (exact) mass is 884 g/mol. The second-order valence-corrected chi connectivity index (χ2v) is 21.2. The molecule has 318 valence electrons. The van der Waals surface area contributed by atoms with Gasteiger partial charge >= 0.3 is 0 Å². The number of anilines is 2. The van der Waals surface area contributed by atoms with Gasteiger partial charge in [0, 0.05) is 96.9 Å². The molecule has 60 heavy (non-hydrogen) atoms. The highest BCUT2D eigenvalue weighted by Crippen LogP contribution is 2.35. The van der Waals surface area contributed by atoms with Gasteiger partial charge in [0.25, 0.3) is 0 Å². The third-order valence-corrected chi connectivity index (χ3v) is 15.1. The van der Waals surface area contributed by atoms with Gasteiger partial charge in [0.2, 0.25) is 11.4 Å². The molecule has 0 fully saturated rings. The van der Waals surface area contributed by atoms with Gasteiger partial charge in [-0.25, -0.2) is 9.98 Å². The van der Waals surface area contributed by atoms with Crippen molar-refractivity contribution >= 4 is 91.1 Å². The first kappa shape index (κ1) is 46.0. The number of nitrogens with zero attached hydrogens (tertiary/aromatic N) is 2. The molecule has 2 atom stereocenters. The van der Waals surface area contributed by atoms with Gasteiger partial charge in [-0.1, -0.05) is 81.2 Å². The fourth-order valence-electron chi connectivity index (χ4n) is 8.25. The lowest BCUT2D eigenvalue weighted by Gasteiger charge is -2.23. The molecule has 2 unspecified atom stereocenters. The van der Waals surface area contributed by atoms with Gasteiger partial charge in [-0.2, -0.15) is 0 Å². The van der Waals surface area contributed by atoms with Crippen molar-refractivity contribution in [1.29, 1.82) is 0 Å². The summed E-state index contributed by atoms with van der Waals surface area (Å²) in [5.74, 6) is 2.37. The number of hydrogen-bond acceptors (Lipinski definition) is 4. The summed E-state index contributed by atoms with van der Waals surface area (Å²) in [4.78, 5) is 15.3. The molecule has 0 amide bonds. The topological polar surface area (TPSA) is 43.3 Å². The maximum atomic E-state index is 6.34. The van der Waals surface area contributed by atoms with E-state index in [0.717, 1.165) is 47.4 Å². The molecule has 4 N–H and O–H groups in total.